The van der Waals surface area contributed by atoms with Crippen molar-refractivity contribution in [2.45, 2.75) is 80.3 Å². The molecule has 1 heterocycles. The summed E-state index contributed by atoms with van der Waals surface area (Å²) >= 11 is 0. The fourth-order valence-corrected chi connectivity index (χ4v) is 3.32. The van der Waals surface area contributed by atoms with Crippen LogP contribution in [0.2, 0.25) is 0 Å². The second kappa shape index (κ2) is 6.79. The van der Waals surface area contributed by atoms with Crippen LogP contribution in [-0.4, -0.2) is 36.6 Å². The summed E-state index contributed by atoms with van der Waals surface area (Å²) in [6, 6.07) is 1.26. The van der Waals surface area contributed by atoms with Gasteiger partial charge in [0.15, 0.2) is 0 Å². The zero-order valence-corrected chi connectivity index (χ0v) is 15.2. The van der Waals surface area contributed by atoms with E-state index in [0.717, 1.165) is 12.5 Å². The minimum Gasteiger partial charge on any atom is -0.311 e. The maximum Gasteiger partial charge on any atom is 0.0269 e. The van der Waals surface area contributed by atoms with Crippen LogP contribution in [0.1, 0.15) is 68.2 Å². The lowest BCUT2D eigenvalue weighted by Gasteiger charge is -2.50. The first kappa shape index (κ1) is 18.0. The van der Waals surface area contributed by atoms with Gasteiger partial charge in [-0.3, -0.25) is 4.90 Å². The van der Waals surface area contributed by atoms with Crippen LogP contribution in [0.15, 0.2) is 0 Å². The van der Waals surface area contributed by atoms with Gasteiger partial charge >= 0.3 is 0 Å². The van der Waals surface area contributed by atoms with Crippen molar-refractivity contribution in [2.24, 2.45) is 16.7 Å². The van der Waals surface area contributed by atoms with E-state index in [1.165, 1.54) is 25.9 Å². The first-order valence-corrected chi connectivity index (χ1v) is 8.57. The van der Waals surface area contributed by atoms with Gasteiger partial charge in [0, 0.05) is 31.7 Å². The fourth-order valence-electron chi connectivity index (χ4n) is 3.32. The maximum atomic E-state index is 3.81. The monoisotopic (exact) mass is 282 g/mol. The van der Waals surface area contributed by atoms with Crippen molar-refractivity contribution in [2.75, 3.05) is 19.6 Å². The van der Waals surface area contributed by atoms with E-state index in [0.29, 0.717) is 22.9 Å². The summed E-state index contributed by atoms with van der Waals surface area (Å²) in [5.74, 6) is 0.846. The number of piperazine rings is 1. The Kier molecular flexibility index (Phi) is 6.10. The first-order valence-electron chi connectivity index (χ1n) is 8.57. The fraction of sp³-hybridized carbons (Fsp3) is 1.00. The van der Waals surface area contributed by atoms with Gasteiger partial charge in [0.2, 0.25) is 0 Å². The topological polar surface area (TPSA) is 15.3 Å². The molecule has 2 heteroatoms. The van der Waals surface area contributed by atoms with Crippen LogP contribution in [-0.2, 0) is 0 Å². The van der Waals surface area contributed by atoms with Crippen molar-refractivity contribution in [1.29, 1.82) is 0 Å². The molecule has 0 radical (unpaired) electrons. The zero-order valence-electron chi connectivity index (χ0n) is 15.2. The molecule has 0 bridgehead atoms. The summed E-state index contributed by atoms with van der Waals surface area (Å²) in [5.41, 5.74) is 0.691. The van der Waals surface area contributed by atoms with Crippen LogP contribution in [0.4, 0.5) is 0 Å². The van der Waals surface area contributed by atoms with E-state index in [4.69, 9.17) is 0 Å². The molecule has 20 heavy (non-hydrogen) atoms. The van der Waals surface area contributed by atoms with Crippen molar-refractivity contribution >= 4 is 0 Å². The van der Waals surface area contributed by atoms with Gasteiger partial charge in [-0.2, -0.15) is 0 Å². The van der Waals surface area contributed by atoms with Crippen LogP contribution in [0.5, 0.6) is 0 Å². The Morgan fingerprint density at radius 3 is 1.95 bits per heavy atom. The van der Waals surface area contributed by atoms with Gasteiger partial charge in [0.05, 0.1) is 0 Å². The Labute approximate surface area is 127 Å². The molecular weight excluding hydrogens is 244 g/mol. The lowest BCUT2D eigenvalue weighted by Crippen LogP contribution is -2.64. The van der Waals surface area contributed by atoms with E-state index in [-0.39, 0.29) is 0 Å². The minimum absolute atomic E-state index is 0.342. The van der Waals surface area contributed by atoms with Crippen LogP contribution in [0.3, 0.4) is 0 Å². The molecule has 0 saturated carbocycles. The largest absolute Gasteiger partial charge is 0.311 e. The molecule has 1 N–H and O–H groups in total. The lowest BCUT2D eigenvalue weighted by atomic mass is 9.79. The zero-order chi connectivity index (χ0) is 15.6. The quantitative estimate of drug-likeness (QED) is 0.833. The van der Waals surface area contributed by atoms with Gasteiger partial charge in [-0.25, -0.2) is 0 Å². The Balaban J connectivity index is 2.83. The molecule has 120 valence electrons. The summed E-state index contributed by atoms with van der Waals surface area (Å²) in [5, 5.41) is 3.81. The molecule has 0 amide bonds. The molecule has 1 rings (SSSR count). The summed E-state index contributed by atoms with van der Waals surface area (Å²) in [6.07, 6.45) is 2.61. The molecule has 2 atom stereocenters. The van der Waals surface area contributed by atoms with Gasteiger partial charge in [0.25, 0.3) is 0 Å². The highest BCUT2D eigenvalue weighted by Gasteiger charge is 2.39. The summed E-state index contributed by atoms with van der Waals surface area (Å²) < 4.78 is 0. The summed E-state index contributed by atoms with van der Waals surface area (Å²) in [6.45, 7) is 22.5. The van der Waals surface area contributed by atoms with Crippen LogP contribution in [0.25, 0.3) is 0 Å². The van der Waals surface area contributed by atoms with Crippen LogP contribution >= 0.6 is 0 Å². The summed E-state index contributed by atoms with van der Waals surface area (Å²) in [4.78, 5) is 2.78. The Morgan fingerprint density at radius 2 is 1.55 bits per heavy atom. The highest BCUT2D eigenvalue weighted by molar-refractivity contribution is 4.96. The minimum atomic E-state index is 0.342. The molecule has 2 nitrogen and oxygen atoms in total. The van der Waals surface area contributed by atoms with Crippen molar-refractivity contribution in [3.63, 3.8) is 0 Å². The molecule has 0 aromatic carbocycles. The molecule has 0 spiro atoms. The van der Waals surface area contributed by atoms with Gasteiger partial charge < -0.3 is 5.32 Å². The van der Waals surface area contributed by atoms with Crippen molar-refractivity contribution in [1.82, 2.24) is 10.2 Å². The van der Waals surface area contributed by atoms with E-state index in [1.807, 2.05) is 0 Å². The van der Waals surface area contributed by atoms with Gasteiger partial charge in [-0.1, -0.05) is 68.2 Å². The molecule has 0 aromatic heterocycles. The SMILES string of the molecule is CCC(CC)CN1CC(C(C)(C)C)NCC1C(C)(C)C. The highest BCUT2D eigenvalue weighted by atomic mass is 15.2. The Bertz CT molecular complexity index is 281. The smallest absolute Gasteiger partial charge is 0.0269 e. The van der Waals surface area contributed by atoms with Crippen LogP contribution in [0, 0.1) is 16.7 Å². The average molecular weight is 283 g/mol. The Morgan fingerprint density at radius 1 is 1.00 bits per heavy atom. The standard InChI is InChI=1S/C18H38N2/c1-9-14(10-2)12-20-13-15(17(3,4)5)19-11-16(20)18(6,7)8/h14-16,19H,9-13H2,1-8H3. The molecule has 2 unspecified atom stereocenters. The van der Waals surface area contributed by atoms with Crippen LogP contribution < -0.4 is 5.32 Å². The predicted molar refractivity (Wildman–Crippen MR) is 90.1 cm³/mol. The van der Waals surface area contributed by atoms with Gasteiger partial charge in [-0.15, -0.1) is 0 Å². The first-order chi connectivity index (χ1) is 9.09. The van der Waals surface area contributed by atoms with E-state index in [1.54, 1.807) is 0 Å². The van der Waals surface area contributed by atoms with E-state index < -0.39 is 0 Å². The van der Waals surface area contributed by atoms with Gasteiger partial charge in [0.1, 0.15) is 0 Å². The van der Waals surface area contributed by atoms with E-state index in [9.17, 15) is 0 Å². The molecule has 1 saturated heterocycles. The number of rotatable bonds is 4. The predicted octanol–water partition coefficient (Wildman–Crippen LogP) is 4.16. The van der Waals surface area contributed by atoms with Gasteiger partial charge in [-0.05, 0) is 16.7 Å². The van der Waals surface area contributed by atoms with Crippen molar-refractivity contribution in [3.05, 3.63) is 0 Å². The average Bonchev–Trinajstić information content (AvgIpc) is 2.33. The number of hydrogen-bond donors (Lipinski definition) is 1. The molecule has 0 aliphatic carbocycles. The maximum absolute atomic E-state index is 3.81. The lowest BCUT2D eigenvalue weighted by molar-refractivity contribution is 0.0191. The number of nitrogens with zero attached hydrogens (tertiary/aromatic N) is 1. The second-order valence-corrected chi connectivity index (χ2v) is 8.85. The number of hydrogen-bond acceptors (Lipinski definition) is 2. The molecule has 1 aliphatic rings. The Hall–Kier alpha value is -0.0800. The molecule has 1 aliphatic heterocycles. The number of nitrogens with one attached hydrogen (secondary N) is 1. The van der Waals surface area contributed by atoms with Crippen molar-refractivity contribution < 1.29 is 0 Å². The molecule has 1 fully saturated rings. The van der Waals surface area contributed by atoms with Crippen molar-refractivity contribution in [3.8, 4) is 0 Å². The molecule has 0 aromatic rings. The molecular formula is C18H38N2. The summed E-state index contributed by atoms with van der Waals surface area (Å²) in [7, 11) is 0. The highest BCUT2D eigenvalue weighted by Crippen LogP contribution is 2.31. The van der Waals surface area contributed by atoms with E-state index in [2.05, 4.69) is 65.6 Å². The third-order valence-electron chi connectivity index (χ3n) is 5.11. The second-order valence-electron chi connectivity index (χ2n) is 8.85. The third kappa shape index (κ3) is 4.73. The third-order valence-corrected chi connectivity index (χ3v) is 5.11. The normalized spacial score (nSPS) is 26.2. The van der Waals surface area contributed by atoms with E-state index >= 15 is 0 Å².